The van der Waals surface area contributed by atoms with Crippen LogP contribution in [0.4, 0.5) is 0 Å². The number of hydrogen-bond donors (Lipinski definition) is 0. The zero-order valence-corrected chi connectivity index (χ0v) is 16.0. The van der Waals surface area contributed by atoms with Gasteiger partial charge in [-0.2, -0.15) is 0 Å². The van der Waals surface area contributed by atoms with Crippen LogP contribution in [0.1, 0.15) is 16.0 Å². The normalized spacial score (nSPS) is 12.1. The molecule has 0 radical (unpaired) electrons. The molecule has 2 rings (SSSR count). The average Bonchev–Trinajstić information content (AvgIpc) is 2.48. The van der Waals surface area contributed by atoms with E-state index in [-0.39, 0.29) is 4.83 Å². The molecule has 6 heteroatoms. The summed E-state index contributed by atoms with van der Waals surface area (Å²) in [5.41, 5.74) is 1.80. The van der Waals surface area contributed by atoms with Crippen LogP contribution in [0.15, 0.2) is 34.8 Å². The summed E-state index contributed by atoms with van der Waals surface area (Å²) in [6, 6.07) is 9.40. The van der Waals surface area contributed by atoms with Gasteiger partial charge in [-0.05, 0) is 29.8 Å². The molecule has 112 valence electrons. The summed E-state index contributed by atoms with van der Waals surface area (Å²) in [5, 5.41) is 1.10. The fraction of sp³-hybridized carbons (Fsp3) is 0.200. The highest BCUT2D eigenvalue weighted by atomic mass is 79.9. The van der Waals surface area contributed by atoms with Crippen LogP contribution in [0, 0.1) is 0 Å². The third kappa shape index (κ3) is 3.50. The van der Waals surface area contributed by atoms with E-state index in [1.165, 1.54) is 0 Å². The Morgan fingerprint density at radius 3 is 2.33 bits per heavy atom. The maximum atomic E-state index is 6.30. The fourth-order valence-electron chi connectivity index (χ4n) is 1.99. The summed E-state index contributed by atoms with van der Waals surface area (Å²) >= 11 is 19.7. The maximum absolute atomic E-state index is 6.30. The van der Waals surface area contributed by atoms with E-state index < -0.39 is 0 Å². The Hall–Kier alpha value is -0.420. The lowest BCUT2D eigenvalue weighted by Crippen LogP contribution is -2.00. The van der Waals surface area contributed by atoms with E-state index >= 15 is 0 Å². The lowest BCUT2D eigenvalue weighted by atomic mass is 10.0. The predicted molar refractivity (Wildman–Crippen MR) is 94.5 cm³/mol. The minimum atomic E-state index is -0.152. The van der Waals surface area contributed by atoms with Gasteiger partial charge in [0.1, 0.15) is 16.5 Å². The molecule has 0 aliphatic heterocycles. The molecule has 0 saturated carbocycles. The van der Waals surface area contributed by atoms with Crippen LogP contribution in [-0.4, -0.2) is 14.2 Å². The summed E-state index contributed by atoms with van der Waals surface area (Å²) < 4.78 is 11.6. The van der Waals surface area contributed by atoms with Crippen molar-refractivity contribution in [3.05, 3.63) is 56.0 Å². The third-order valence-electron chi connectivity index (χ3n) is 3.02. The van der Waals surface area contributed by atoms with Gasteiger partial charge in [0.15, 0.2) is 0 Å². The molecule has 0 aliphatic rings. The number of hydrogen-bond acceptors (Lipinski definition) is 2. The molecule has 0 aromatic heterocycles. The molecule has 21 heavy (non-hydrogen) atoms. The van der Waals surface area contributed by atoms with Crippen molar-refractivity contribution in [2.75, 3.05) is 14.2 Å². The highest BCUT2D eigenvalue weighted by molar-refractivity contribution is 9.10. The lowest BCUT2D eigenvalue weighted by molar-refractivity contribution is 0.392. The molecule has 0 aliphatic carbocycles. The van der Waals surface area contributed by atoms with Crippen LogP contribution in [0.2, 0.25) is 10.0 Å². The van der Waals surface area contributed by atoms with Crippen LogP contribution in [-0.2, 0) is 0 Å². The van der Waals surface area contributed by atoms with Gasteiger partial charge in [-0.15, -0.1) is 0 Å². The minimum absolute atomic E-state index is 0.152. The molecule has 2 aromatic rings. The molecule has 0 fully saturated rings. The Bertz CT molecular complexity index is 662. The second-order valence-electron chi connectivity index (χ2n) is 4.23. The van der Waals surface area contributed by atoms with Gasteiger partial charge < -0.3 is 9.47 Å². The van der Waals surface area contributed by atoms with E-state index in [2.05, 4.69) is 31.9 Å². The lowest BCUT2D eigenvalue weighted by Gasteiger charge is -2.18. The van der Waals surface area contributed by atoms with Crippen molar-refractivity contribution in [2.24, 2.45) is 0 Å². The van der Waals surface area contributed by atoms with Crippen LogP contribution < -0.4 is 9.47 Å². The number of methoxy groups -OCH3 is 2. The highest BCUT2D eigenvalue weighted by Gasteiger charge is 2.22. The first-order valence-corrected chi connectivity index (χ1v) is 8.45. The van der Waals surface area contributed by atoms with E-state index in [1.54, 1.807) is 20.3 Å². The van der Waals surface area contributed by atoms with Crippen LogP contribution in [0.25, 0.3) is 0 Å². The summed E-state index contributed by atoms with van der Waals surface area (Å²) in [6.07, 6.45) is 0. The van der Waals surface area contributed by atoms with E-state index in [0.717, 1.165) is 15.6 Å². The summed E-state index contributed by atoms with van der Waals surface area (Å²) in [4.78, 5) is -0.152. The van der Waals surface area contributed by atoms with Gasteiger partial charge in [-0.25, -0.2) is 0 Å². The minimum Gasteiger partial charge on any atom is -0.495 e. The molecule has 0 spiro atoms. The molecule has 0 N–H and O–H groups in total. The Kier molecular flexibility index (Phi) is 5.83. The van der Waals surface area contributed by atoms with Crippen LogP contribution >= 0.6 is 55.1 Å². The van der Waals surface area contributed by atoms with Crippen molar-refractivity contribution in [2.45, 2.75) is 4.83 Å². The topological polar surface area (TPSA) is 18.5 Å². The van der Waals surface area contributed by atoms with E-state index in [1.807, 2.05) is 24.3 Å². The second-order valence-corrected chi connectivity index (χ2v) is 6.85. The Morgan fingerprint density at radius 2 is 1.71 bits per heavy atom. The van der Waals surface area contributed by atoms with E-state index in [9.17, 15) is 0 Å². The summed E-state index contributed by atoms with van der Waals surface area (Å²) in [7, 11) is 3.14. The van der Waals surface area contributed by atoms with Crippen molar-refractivity contribution < 1.29 is 9.47 Å². The quantitative estimate of drug-likeness (QED) is 0.508. The molecular formula is C15H12Br2Cl2O2. The Labute approximate surface area is 150 Å². The zero-order valence-electron chi connectivity index (χ0n) is 11.3. The van der Waals surface area contributed by atoms with E-state index in [0.29, 0.717) is 21.5 Å². The molecule has 0 bridgehead atoms. The molecular weight excluding hydrogens is 443 g/mol. The van der Waals surface area contributed by atoms with Crippen molar-refractivity contribution in [3.8, 4) is 11.5 Å². The zero-order chi connectivity index (χ0) is 15.6. The number of ether oxygens (including phenoxy) is 2. The molecule has 0 saturated heterocycles. The van der Waals surface area contributed by atoms with Gasteiger partial charge >= 0.3 is 0 Å². The highest BCUT2D eigenvalue weighted by Crippen LogP contribution is 2.45. The number of alkyl halides is 1. The Balaban J connectivity index is 2.55. The second kappa shape index (κ2) is 7.23. The molecule has 2 aromatic carbocycles. The average molecular weight is 455 g/mol. The van der Waals surface area contributed by atoms with Crippen molar-refractivity contribution >= 4 is 55.1 Å². The molecule has 1 unspecified atom stereocenters. The Morgan fingerprint density at radius 1 is 1.00 bits per heavy atom. The standard InChI is InChI=1S/C15H12Br2Cl2O2/c1-20-12-6-4-9(15(21-2)14(12)19)13(17)10-7-8(16)3-5-11(10)18/h3-7,13H,1-2H3. The smallest absolute Gasteiger partial charge is 0.145 e. The van der Waals surface area contributed by atoms with Gasteiger partial charge in [0.25, 0.3) is 0 Å². The first-order chi connectivity index (χ1) is 9.99. The third-order valence-corrected chi connectivity index (χ3v) is 5.20. The van der Waals surface area contributed by atoms with Gasteiger partial charge in [0, 0.05) is 15.1 Å². The number of halogens is 4. The summed E-state index contributed by atoms with van der Waals surface area (Å²) in [5.74, 6) is 1.13. The molecule has 2 nitrogen and oxygen atoms in total. The SMILES string of the molecule is COc1ccc(C(Br)c2cc(Br)ccc2Cl)c(OC)c1Cl. The molecule has 1 atom stereocenters. The number of rotatable bonds is 4. The fourth-order valence-corrected chi connectivity index (χ4v) is 3.80. The van der Waals surface area contributed by atoms with Crippen LogP contribution in [0.5, 0.6) is 11.5 Å². The first kappa shape index (κ1) is 16.9. The molecule has 0 heterocycles. The van der Waals surface area contributed by atoms with Gasteiger partial charge in [-0.1, -0.05) is 61.1 Å². The largest absolute Gasteiger partial charge is 0.495 e. The van der Waals surface area contributed by atoms with Crippen molar-refractivity contribution in [1.29, 1.82) is 0 Å². The number of benzene rings is 2. The maximum Gasteiger partial charge on any atom is 0.145 e. The monoisotopic (exact) mass is 452 g/mol. The van der Waals surface area contributed by atoms with Crippen LogP contribution in [0.3, 0.4) is 0 Å². The van der Waals surface area contributed by atoms with Crippen molar-refractivity contribution in [1.82, 2.24) is 0 Å². The van der Waals surface area contributed by atoms with Gasteiger partial charge in [0.05, 0.1) is 19.0 Å². The molecule has 0 amide bonds. The van der Waals surface area contributed by atoms with Gasteiger partial charge in [0.2, 0.25) is 0 Å². The van der Waals surface area contributed by atoms with Gasteiger partial charge in [-0.3, -0.25) is 0 Å². The first-order valence-electron chi connectivity index (χ1n) is 5.99. The van der Waals surface area contributed by atoms with Crippen molar-refractivity contribution in [3.63, 3.8) is 0 Å². The summed E-state index contributed by atoms with van der Waals surface area (Å²) in [6.45, 7) is 0. The predicted octanol–water partition coefficient (Wildman–Crippen LogP) is 6.26. The van der Waals surface area contributed by atoms with E-state index in [4.69, 9.17) is 32.7 Å².